The van der Waals surface area contributed by atoms with Crippen LogP contribution in [0.3, 0.4) is 0 Å². The lowest BCUT2D eigenvalue weighted by molar-refractivity contribution is -0.125. The highest BCUT2D eigenvalue weighted by Crippen LogP contribution is 2.42. The molecule has 0 heterocycles. The van der Waals surface area contributed by atoms with Crippen molar-refractivity contribution >= 4 is 5.91 Å². The van der Waals surface area contributed by atoms with E-state index in [2.05, 4.69) is 5.32 Å². The minimum atomic E-state index is -0.118. The summed E-state index contributed by atoms with van der Waals surface area (Å²) in [4.78, 5) is 11.9. The van der Waals surface area contributed by atoms with E-state index in [1.54, 1.807) is 0 Å². The Kier molecular flexibility index (Phi) is 4.62. The Hall–Kier alpha value is -0.610. The van der Waals surface area contributed by atoms with E-state index in [-0.39, 0.29) is 17.4 Å². The zero-order valence-corrected chi connectivity index (χ0v) is 11.2. The quantitative estimate of drug-likeness (QED) is 0.689. The van der Waals surface area contributed by atoms with Crippen molar-refractivity contribution in [3.63, 3.8) is 0 Å². The van der Waals surface area contributed by atoms with Gasteiger partial charge >= 0.3 is 0 Å². The number of nitrogens with one attached hydrogen (secondary N) is 1. The van der Waals surface area contributed by atoms with Gasteiger partial charge in [0, 0.05) is 13.0 Å². The van der Waals surface area contributed by atoms with Gasteiger partial charge in [0.05, 0.1) is 6.10 Å². The van der Waals surface area contributed by atoms with Crippen LogP contribution < -0.4 is 11.1 Å². The fraction of sp³-hybridized carbons (Fsp3) is 0.929. The molecule has 4 nitrogen and oxygen atoms in total. The highest BCUT2D eigenvalue weighted by atomic mass is 16.3. The SMILES string of the molecule is NCC1(CC(=O)NCC2CCC(O)CC2)CCC1. The second-order valence-corrected chi connectivity index (χ2v) is 6.21. The first-order valence-electron chi connectivity index (χ1n) is 7.28. The van der Waals surface area contributed by atoms with Gasteiger partial charge in [-0.2, -0.15) is 0 Å². The van der Waals surface area contributed by atoms with E-state index in [0.29, 0.717) is 18.9 Å². The van der Waals surface area contributed by atoms with E-state index >= 15 is 0 Å². The van der Waals surface area contributed by atoms with Crippen LogP contribution in [0.2, 0.25) is 0 Å². The van der Waals surface area contributed by atoms with Crippen molar-refractivity contribution in [3.8, 4) is 0 Å². The molecule has 2 aliphatic carbocycles. The van der Waals surface area contributed by atoms with Gasteiger partial charge in [0.15, 0.2) is 0 Å². The standard InChI is InChI=1S/C14H26N2O2/c15-10-14(6-1-7-14)8-13(18)16-9-11-2-4-12(17)5-3-11/h11-12,17H,1-10,15H2,(H,16,18). The highest BCUT2D eigenvalue weighted by Gasteiger charge is 2.37. The second kappa shape index (κ2) is 6.02. The molecule has 0 bridgehead atoms. The van der Waals surface area contributed by atoms with Crippen molar-refractivity contribution in [2.75, 3.05) is 13.1 Å². The molecule has 0 aromatic heterocycles. The lowest BCUT2D eigenvalue weighted by atomic mass is 9.66. The molecule has 2 aliphatic rings. The number of nitrogens with two attached hydrogens (primary N) is 1. The first-order valence-corrected chi connectivity index (χ1v) is 7.28. The normalized spacial score (nSPS) is 30.6. The van der Waals surface area contributed by atoms with Crippen molar-refractivity contribution < 1.29 is 9.90 Å². The van der Waals surface area contributed by atoms with Crippen molar-refractivity contribution in [2.24, 2.45) is 17.1 Å². The molecule has 4 N–H and O–H groups in total. The monoisotopic (exact) mass is 254 g/mol. The smallest absolute Gasteiger partial charge is 0.220 e. The number of hydrogen-bond acceptors (Lipinski definition) is 3. The molecule has 0 aromatic rings. The Morgan fingerprint density at radius 2 is 1.94 bits per heavy atom. The maximum Gasteiger partial charge on any atom is 0.220 e. The number of amides is 1. The fourth-order valence-electron chi connectivity index (χ4n) is 3.14. The summed E-state index contributed by atoms with van der Waals surface area (Å²) in [6, 6.07) is 0. The maximum absolute atomic E-state index is 11.9. The van der Waals surface area contributed by atoms with Crippen molar-refractivity contribution in [2.45, 2.75) is 57.5 Å². The van der Waals surface area contributed by atoms with Crippen LogP contribution in [0.5, 0.6) is 0 Å². The van der Waals surface area contributed by atoms with Gasteiger partial charge in [-0.1, -0.05) is 6.42 Å². The molecule has 2 rings (SSSR count). The number of carbonyl (C=O) groups excluding carboxylic acids is 1. The summed E-state index contributed by atoms with van der Waals surface area (Å²) in [5.41, 5.74) is 5.87. The molecule has 0 spiro atoms. The van der Waals surface area contributed by atoms with Gasteiger partial charge in [-0.05, 0) is 56.4 Å². The van der Waals surface area contributed by atoms with Crippen LogP contribution in [0.15, 0.2) is 0 Å². The highest BCUT2D eigenvalue weighted by molar-refractivity contribution is 5.76. The lowest BCUT2D eigenvalue weighted by Crippen LogP contribution is -2.43. The Labute approximate surface area is 109 Å². The van der Waals surface area contributed by atoms with Gasteiger partial charge < -0.3 is 16.2 Å². The molecule has 0 atom stereocenters. The molecule has 0 unspecified atom stereocenters. The minimum Gasteiger partial charge on any atom is -0.393 e. The molecule has 2 fully saturated rings. The van der Waals surface area contributed by atoms with Crippen LogP contribution in [0.25, 0.3) is 0 Å². The zero-order chi connectivity index (χ0) is 13.0. The topological polar surface area (TPSA) is 75.4 Å². The molecule has 0 aliphatic heterocycles. The minimum absolute atomic E-state index is 0.104. The first kappa shape index (κ1) is 13.8. The van der Waals surface area contributed by atoms with Crippen LogP contribution in [0, 0.1) is 11.3 Å². The van der Waals surface area contributed by atoms with Crippen molar-refractivity contribution in [3.05, 3.63) is 0 Å². The fourth-order valence-corrected chi connectivity index (χ4v) is 3.14. The van der Waals surface area contributed by atoms with Crippen LogP contribution in [0.1, 0.15) is 51.4 Å². The van der Waals surface area contributed by atoms with E-state index in [0.717, 1.165) is 45.1 Å². The summed E-state index contributed by atoms with van der Waals surface area (Å²) in [5.74, 6) is 0.707. The Bertz CT molecular complexity index is 276. The molecule has 2 saturated carbocycles. The lowest BCUT2D eigenvalue weighted by Gasteiger charge is -2.40. The number of carbonyl (C=O) groups is 1. The molecule has 4 heteroatoms. The van der Waals surface area contributed by atoms with E-state index in [1.165, 1.54) is 6.42 Å². The predicted octanol–water partition coefficient (Wildman–Crippen LogP) is 1.17. The molecule has 18 heavy (non-hydrogen) atoms. The van der Waals surface area contributed by atoms with E-state index in [9.17, 15) is 9.90 Å². The zero-order valence-electron chi connectivity index (χ0n) is 11.2. The van der Waals surface area contributed by atoms with E-state index in [1.807, 2.05) is 0 Å². The number of hydrogen-bond donors (Lipinski definition) is 3. The van der Waals surface area contributed by atoms with Gasteiger partial charge in [-0.25, -0.2) is 0 Å². The second-order valence-electron chi connectivity index (χ2n) is 6.21. The molecule has 1 amide bonds. The Morgan fingerprint density at radius 3 is 2.44 bits per heavy atom. The third kappa shape index (κ3) is 3.45. The predicted molar refractivity (Wildman–Crippen MR) is 70.9 cm³/mol. The summed E-state index contributed by atoms with van der Waals surface area (Å²) < 4.78 is 0. The van der Waals surface area contributed by atoms with Crippen LogP contribution in [0.4, 0.5) is 0 Å². The van der Waals surface area contributed by atoms with Gasteiger partial charge in [0.1, 0.15) is 0 Å². The summed E-state index contributed by atoms with van der Waals surface area (Å²) in [5, 5.41) is 12.5. The van der Waals surface area contributed by atoms with Crippen molar-refractivity contribution in [1.29, 1.82) is 0 Å². The molecule has 0 saturated heterocycles. The Balaban J connectivity index is 1.65. The van der Waals surface area contributed by atoms with Gasteiger partial charge in [0.25, 0.3) is 0 Å². The number of aliphatic hydroxyl groups is 1. The number of rotatable bonds is 5. The third-order valence-corrected chi connectivity index (χ3v) is 4.79. The molecule has 0 radical (unpaired) electrons. The van der Waals surface area contributed by atoms with Crippen LogP contribution in [-0.2, 0) is 4.79 Å². The average molecular weight is 254 g/mol. The van der Waals surface area contributed by atoms with Gasteiger partial charge in [-0.15, -0.1) is 0 Å². The van der Waals surface area contributed by atoms with Gasteiger partial charge in [-0.3, -0.25) is 4.79 Å². The molecule has 0 aromatic carbocycles. The third-order valence-electron chi connectivity index (χ3n) is 4.79. The summed E-state index contributed by atoms with van der Waals surface area (Å²) in [7, 11) is 0. The summed E-state index contributed by atoms with van der Waals surface area (Å²) in [6.45, 7) is 1.41. The Morgan fingerprint density at radius 1 is 1.28 bits per heavy atom. The maximum atomic E-state index is 11.9. The average Bonchev–Trinajstić information content (AvgIpc) is 2.33. The van der Waals surface area contributed by atoms with Crippen LogP contribution >= 0.6 is 0 Å². The molecular formula is C14H26N2O2. The molecule has 104 valence electrons. The van der Waals surface area contributed by atoms with E-state index < -0.39 is 0 Å². The van der Waals surface area contributed by atoms with E-state index in [4.69, 9.17) is 5.73 Å². The summed E-state index contributed by atoms with van der Waals surface area (Å²) >= 11 is 0. The number of aliphatic hydroxyl groups excluding tert-OH is 1. The first-order chi connectivity index (χ1) is 8.63. The van der Waals surface area contributed by atoms with Gasteiger partial charge in [0.2, 0.25) is 5.91 Å². The molecular weight excluding hydrogens is 228 g/mol. The van der Waals surface area contributed by atoms with Crippen molar-refractivity contribution in [1.82, 2.24) is 5.32 Å². The van der Waals surface area contributed by atoms with Crippen LogP contribution in [-0.4, -0.2) is 30.2 Å². The largest absolute Gasteiger partial charge is 0.393 e. The summed E-state index contributed by atoms with van der Waals surface area (Å²) in [6.07, 6.45) is 7.73.